The van der Waals surface area contributed by atoms with Crippen LogP contribution in [0.1, 0.15) is 42.5 Å². The summed E-state index contributed by atoms with van der Waals surface area (Å²) >= 11 is 0. The number of rotatable bonds is 5. The number of hydrogen-bond donors (Lipinski definition) is 2. The van der Waals surface area contributed by atoms with Crippen molar-refractivity contribution in [3.63, 3.8) is 0 Å². The van der Waals surface area contributed by atoms with Gasteiger partial charge in [-0.25, -0.2) is 0 Å². The van der Waals surface area contributed by atoms with Gasteiger partial charge in [0.2, 0.25) is 0 Å². The summed E-state index contributed by atoms with van der Waals surface area (Å²) in [5.74, 6) is 0. The van der Waals surface area contributed by atoms with Gasteiger partial charge >= 0.3 is 0 Å². The fourth-order valence-corrected chi connectivity index (χ4v) is 3.99. The molecule has 2 aromatic rings. The molecular weight excluding hydrogens is 318 g/mol. The molecule has 0 saturated carbocycles. The highest BCUT2D eigenvalue weighted by molar-refractivity contribution is 7.84. The summed E-state index contributed by atoms with van der Waals surface area (Å²) in [4.78, 5) is 0.839. The summed E-state index contributed by atoms with van der Waals surface area (Å²) in [7, 11) is -0.950. The van der Waals surface area contributed by atoms with E-state index in [1.54, 1.807) is 6.26 Å². The van der Waals surface area contributed by atoms with Gasteiger partial charge in [-0.1, -0.05) is 36.4 Å². The van der Waals surface area contributed by atoms with Crippen LogP contribution in [0.2, 0.25) is 0 Å². The van der Waals surface area contributed by atoms with Gasteiger partial charge < -0.3 is 10.4 Å². The molecule has 1 aliphatic carbocycles. The molecule has 1 aliphatic rings. The van der Waals surface area contributed by atoms with Crippen molar-refractivity contribution in [1.82, 2.24) is 5.32 Å². The Balaban J connectivity index is 1.70. The molecule has 0 unspecified atom stereocenters. The summed E-state index contributed by atoms with van der Waals surface area (Å²) in [5.41, 5.74) is 2.66. The third-order valence-corrected chi connectivity index (χ3v) is 5.90. The topological polar surface area (TPSA) is 49.3 Å². The number of benzene rings is 2. The maximum absolute atomic E-state index is 11.5. The van der Waals surface area contributed by atoms with Crippen LogP contribution in [0.15, 0.2) is 53.4 Å². The Kier molecular flexibility index (Phi) is 5.18. The number of aryl methyl sites for hydroxylation is 1. The fraction of sp³-hybridized carbons (Fsp3) is 0.400. The van der Waals surface area contributed by atoms with Crippen LogP contribution in [-0.2, 0) is 22.8 Å². The van der Waals surface area contributed by atoms with Crippen molar-refractivity contribution in [2.24, 2.45) is 0 Å². The normalized spacial score (nSPS) is 22.6. The van der Waals surface area contributed by atoms with E-state index in [4.69, 9.17) is 0 Å². The van der Waals surface area contributed by atoms with E-state index in [1.807, 2.05) is 42.5 Å². The van der Waals surface area contributed by atoms with Crippen LogP contribution in [0.4, 0.5) is 0 Å². The van der Waals surface area contributed by atoms with Crippen molar-refractivity contribution in [1.29, 1.82) is 0 Å². The van der Waals surface area contributed by atoms with Crippen LogP contribution in [0.3, 0.4) is 0 Å². The predicted molar refractivity (Wildman–Crippen MR) is 98.5 cm³/mol. The lowest BCUT2D eigenvalue weighted by molar-refractivity contribution is 0.0170. The van der Waals surface area contributed by atoms with Crippen molar-refractivity contribution in [2.45, 2.75) is 42.7 Å². The maximum Gasteiger partial charge on any atom is 0.102 e. The zero-order valence-electron chi connectivity index (χ0n) is 14.3. The Labute approximate surface area is 146 Å². The van der Waals surface area contributed by atoms with Crippen molar-refractivity contribution < 1.29 is 9.32 Å². The van der Waals surface area contributed by atoms with Crippen LogP contribution in [0.25, 0.3) is 0 Å². The van der Waals surface area contributed by atoms with Crippen LogP contribution >= 0.6 is 0 Å². The van der Waals surface area contributed by atoms with E-state index in [2.05, 4.69) is 18.3 Å². The molecule has 0 aliphatic heterocycles. The van der Waals surface area contributed by atoms with Crippen LogP contribution in [-0.4, -0.2) is 22.1 Å². The molecule has 0 radical (unpaired) electrons. The van der Waals surface area contributed by atoms with Crippen molar-refractivity contribution in [3.05, 3.63) is 65.2 Å². The Morgan fingerprint density at radius 3 is 2.62 bits per heavy atom. The number of nitrogens with one attached hydrogen (secondary N) is 1. The first-order valence-electron chi connectivity index (χ1n) is 8.47. The molecule has 3 nitrogen and oxygen atoms in total. The molecule has 4 heteroatoms. The molecule has 0 fully saturated rings. The highest BCUT2D eigenvalue weighted by Crippen LogP contribution is 2.35. The minimum absolute atomic E-state index is 0.127. The zero-order valence-corrected chi connectivity index (χ0v) is 15.1. The third-order valence-electron chi connectivity index (χ3n) is 4.97. The molecule has 0 heterocycles. The van der Waals surface area contributed by atoms with E-state index in [-0.39, 0.29) is 6.04 Å². The minimum Gasteiger partial charge on any atom is -0.384 e. The first kappa shape index (κ1) is 17.3. The van der Waals surface area contributed by atoms with Gasteiger partial charge in [0.15, 0.2) is 0 Å². The smallest absolute Gasteiger partial charge is 0.102 e. The summed E-state index contributed by atoms with van der Waals surface area (Å²) in [6.07, 6.45) is 4.54. The van der Waals surface area contributed by atoms with Gasteiger partial charge in [0.05, 0.1) is 0 Å². The molecule has 3 atom stereocenters. The average molecular weight is 343 g/mol. The minimum atomic E-state index is -0.950. The molecule has 2 aromatic carbocycles. The summed E-state index contributed by atoms with van der Waals surface area (Å²) in [5, 5.41) is 14.6. The summed E-state index contributed by atoms with van der Waals surface area (Å²) in [6, 6.07) is 16.2. The fourth-order valence-electron chi connectivity index (χ4n) is 3.47. The summed E-state index contributed by atoms with van der Waals surface area (Å²) in [6.45, 7) is 2.63. The average Bonchev–Trinajstić information content (AvgIpc) is 2.60. The lowest BCUT2D eigenvalue weighted by atomic mass is 9.79. The second-order valence-corrected chi connectivity index (χ2v) is 8.05. The highest BCUT2D eigenvalue weighted by atomic mass is 32.2. The molecule has 2 N–H and O–H groups in total. The lowest BCUT2D eigenvalue weighted by Crippen LogP contribution is -2.41. The Morgan fingerprint density at radius 1 is 1.21 bits per heavy atom. The second-order valence-electron chi connectivity index (χ2n) is 6.67. The van der Waals surface area contributed by atoms with E-state index in [0.717, 1.165) is 35.3 Å². The quantitative estimate of drug-likeness (QED) is 0.876. The van der Waals surface area contributed by atoms with Crippen LogP contribution < -0.4 is 5.32 Å². The van der Waals surface area contributed by atoms with E-state index in [9.17, 15) is 9.32 Å². The van der Waals surface area contributed by atoms with E-state index in [1.165, 1.54) is 5.56 Å². The molecule has 0 saturated heterocycles. The maximum atomic E-state index is 11.5. The first-order chi connectivity index (χ1) is 11.5. The van der Waals surface area contributed by atoms with Gasteiger partial charge in [-0.15, -0.1) is 0 Å². The van der Waals surface area contributed by atoms with Crippen molar-refractivity contribution in [2.75, 3.05) is 12.8 Å². The predicted octanol–water partition coefficient (Wildman–Crippen LogP) is 3.30. The monoisotopic (exact) mass is 343 g/mol. The van der Waals surface area contributed by atoms with Gasteiger partial charge in [0.1, 0.15) is 5.60 Å². The highest BCUT2D eigenvalue weighted by Gasteiger charge is 2.34. The van der Waals surface area contributed by atoms with Crippen LogP contribution in [0.5, 0.6) is 0 Å². The van der Waals surface area contributed by atoms with Crippen LogP contribution in [0, 0.1) is 0 Å². The molecule has 0 aromatic heterocycles. The standard InChI is InChI=1S/C20H25NO2S/c1-15(16-9-11-18(12-10-16)24(2)23)21-14-20(22)13-5-7-17-6-3-4-8-19(17)20/h3-4,6,8-12,15,21-22H,5,7,13-14H2,1-2H3/t15-,20-,24+/m0/s1. The second kappa shape index (κ2) is 7.18. The summed E-state index contributed by atoms with van der Waals surface area (Å²) < 4.78 is 11.5. The lowest BCUT2D eigenvalue weighted by Gasteiger charge is -2.35. The largest absolute Gasteiger partial charge is 0.384 e. The molecule has 0 bridgehead atoms. The van der Waals surface area contributed by atoms with Gasteiger partial charge in [-0.3, -0.25) is 4.21 Å². The van der Waals surface area contributed by atoms with Gasteiger partial charge in [0.25, 0.3) is 0 Å². The van der Waals surface area contributed by atoms with Crippen molar-refractivity contribution in [3.8, 4) is 0 Å². The Bertz CT molecular complexity index is 729. The molecular formula is C20H25NO2S. The van der Waals surface area contributed by atoms with Gasteiger partial charge in [-0.2, -0.15) is 0 Å². The Hall–Kier alpha value is -1.49. The molecule has 0 amide bonds. The first-order valence-corrected chi connectivity index (χ1v) is 10.0. The van der Waals surface area contributed by atoms with Crippen molar-refractivity contribution >= 4 is 10.8 Å². The van der Waals surface area contributed by atoms with Gasteiger partial charge in [-0.05, 0) is 55.0 Å². The molecule has 3 rings (SSSR count). The zero-order chi connectivity index (χ0) is 17.2. The molecule has 0 spiro atoms. The Morgan fingerprint density at radius 2 is 1.92 bits per heavy atom. The third kappa shape index (κ3) is 3.61. The van der Waals surface area contributed by atoms with E-state index >= 15 is 0 Å². The number of hydrogen-bond acceptors (Lipinski definition) is 3. The van der Waals surface area contributed by atoms with E-state index < -0.39 is 16.4 Å². The SMILES string of the molecule is C[C@H](NC[C@@]1(O)CCCc2ccccc21)c1ccc([S@@](C)=O)cc1. The van der Waals surface area contributed by atoms with Gasteiger partial charge in [0, 0.05) is 34.5 Å². The van der Waals surface area contributed by atoms with E-state index in [0.29, 0.717) is 6.54 Å². The molecule has 128 valence electrons. The number of fused-ring (bicyclic) bond motifs is 1. The number of aliphatic hydroxyl groups is 1. The molecule has 24 heavy (non-hydrogen) atoms.